The Bertz CT molecular complexity index is 1300. The van der Waals surface area contributed by atoms with Gasteiger partial charge in [-0.3, -0.25) is 9.59 Å². The van der Waals surface area contributed by atoms with E-state index in [4.69, 9.17) is 21.1 Å². The molecule has 1 saturated heterocycles. The molecule has 43 heavy (non-hydrogen) atoms. The Balaban J connectivity index is 0.00000506. The van der Waals surface area contributed by atoms with Gasteiger partial charge in [-0.15, -0.1) is 0 Å². The number of ether oxygens (including phenoxy) is 2. The van der Waals surface area contributed by atoms with Gasteiger partial charge in [0.1, 0.15) is 18.2 Å². The van der Waals surface area contributed by atoms with Crippen LogP contribution in [0.5, 0.6) is 0 Å². The van der Waals surface area contributed by atoms with Crippen molar-refractivity contribution < 1.29 is 82.6 Å². The Hall–Kier alpha value is -2.20. The van der Waals surface area contributed by atoms with Gasteiger partial charge in [0.25, 0.3) is 5.91 Å². The van der Waals surface area contributed by atoms with Crippen LogP contribution in [-0.2, 0) is 25.7 Å². The molecule has 1 saturated carbocycles. The van der Waals surface area contributed by atoms with Gasteiger partial charge < -0.3 is 45.3 Å². The summed E-state index contributed by atoms with van der Waals surface area (Å²) in [6.07, 6.45) is -6.34. The largest absolute Gasteiger partial charge is 1.00 e. The first-order valence-electron chi connectivity index (χ1n) is 13.2. The molecule has 2 fully saturated rings. The molecule has 0 spiro atoms. The van der Waals surface area contributed by atoms with Crippen molar-refractivity contribution in [3.8, 4) is 0 Å². The number of carboxylic acids is 1. The van der Waals surface area contributed by atoms with Gasteiger partial charge in [-0.05, 0) is 49.1 Å². The number of carbonyl (C=O) groups is 3. The van der Waals surface area contributed by atoms with E-state index in [1.807, 2.05) is 0 Å². The van der Waals surface area contributed by atoms with Crippen LogP contribution in [0.25, 0.3) is 0 Å². The number of rotatable bonds is 12. The van der Waals surface area contributed by atoms with Crippen molar-refractivity contribution in [1.29, 1.82) is 0 Å². The summed E-state index contributed by atoms with van der Waals surface area (Å²) in [5, 5.41) is 50.3. The summed E-state index contributed by atoms with van der Waals surface area (Å²) in [6, 6.07) is 7.55. The Morgan fingerprint density at radius 3 is 2.44 bits per heavy atom. The van der Waals surface area contributed by atoms with Crippen LogP contribution in [0.1, 0.15) is 41.6 Å². The Kier molecular flexibility index (Phi) is 12.5. The molecular formula is C28H30ClF2N2NaO9. The van der Waals surface area contributed by atoms with Gasteiger partial charge in [0.05, 0.1) is 24.9 Å². The molecule has 0 bridgehead atoms. The van der Waals surface area contributed by atoms with E-state index < -0.39 is 85.2 Å². The summed E-state index contributed by atoms with van der Waals surface area (Å²) in [5.41, 5.74) is -0.166. The van der Waals surface area contributed by atoms with Crippen LogP contribution in [0.3, 0.4) is 0 Å². The summed E-state index contributed by atoms with van der Waals surface area (Å²) in [5.74, 6) is -8.29. The van der Waals surface area contributed by atoms with E-state index in [1.54, 1.807) is 0 Å². The molecule has 1 heterocycles. The number of aliphatic hydroxyl groups excluding tert-OH is 3. The Labute approximate surface area is 272 Å². The summed E-state index contributed by atoms with van der Waals surface area (Å²) in [7, 11) is 0. The number of amides is 2. The van der Waals surface area contributed by atoms with Gasteiger partial charge in [0, 0.05) is 35.5 Å². The summed E-state index contributed by atoms with van der Waals surface area (Å²) in [6.45, 7) is -1.37. The molecular weight excluding hydrogens is 605 g/mol. The first-order valence-corrected chi connectivity index (χ1v) is 13.6. The average Bonchev–Trinajstić information content (AvgIpc) is 3.77. The fourth-order valence-electron chi connectivity index (χ4n) is 4.63. The monoisotopic (exact) mass is 634 g/mol. The second-order valence-electron chi connectivity index (χ2n) is 10.4. The topological polar surface area (TPSA) is 177 Å². The number of nitrogens with one attached hydrogen (secondary N) is 2. The van der Waals surface area contributed by atoms with Crippen molar-refractivity contribution in [3.05, 3.63) is 70.2 Å². The van der Waals surface area contributed by atoms with Crippen molar-refractivity contribution in [2.45, 2.75) is 68.5 Å². The zero-order valence-electron chi connectivity index (χ0n) is 23.2. The predicted molar refractivity (Wildman–Crippen MR) is 139 cm³/mol. The smallest absolute Gasteiger partial charge is 0.544 e. The van der Waals surface area contributed by atoms with Crippen LogP contribution in [0.15, 0.2) is 42.5 Å². The first-order chi connectivity index (χ1) is 19.9. The molecule has 4 rings (SSSR count). The van der Waals surface area contributed by atoms with Crippen LogP contribution in [0.2, 0.25) is 5.02 Å². The van der Waals surface area contributed by atoms with Crippen LogP contribution in [-0.4, -0.2) is 75.9 Å². The van der Waals surface area contributed by atoms with E-state index in [9.17, 15) is 43.6 Å². The molecule has 5 N–H and O–H groups in total. The van der Waals surface area contributed by atoms with Gasteiger partial charge in [-0.1, -0.05) is 23.7 Å². The van der Waals surface area contributed by atoms with Gasteiger partial charge in [0.15, 0.2) is 11.6 Å². The van der Waals surface area contributed by atoms with Crippen molar-refractivity contribution >= 4 is 29.4 Å². The molecule has 228 valence electrons. The SMILES string of the molecule is O=C(CC1CC1)N[C@H]1[C@H]([C@H](O)[C@H](O)CNC(=O)c2ccc(Cl)cc2)O[C@@](OCc2cccc(F)c2F)(C(=O)[O-])C[C@@H]1O.[Na+]. The van der Waals surface area contributed by atoms with Gasteiger partial charge in [0.2, 0.25) is 11.7 Å². The molecule has 1 aliphatic heterocycles. The van der Waals surface area contributed by atoms with E-state index in [2.05, 4.69) is 10.6 Å². The Morgan fingerprint density at radius 1 is 1.14 bits per heavy atom. The average molecular weight is 635 g/mol. The minimum absolute atomic E-state index is 0. The molecule has 2 aromatic rings. The van der Waals surface area contributed by atoms with Crippen LogP contribution in [0, 0.1) is 17.6 Å². The van der Waals surface area contributed by atoms with Gasteiger partial charge >= 0.3 is 29.6 Å². The fraction of sp³-hybridized carbons (Fsp3) is 0.464. The molecule has 11 nitrogen and oxygen atoms in total. The van der Waals surface area contributed by atoms with Crippen LogP contribution >= 0.6 is 11.6 Å². The third-order valence-electron chi connectivity index (χ3n) is 7.18. The predicted octanol–water partition coefficient (Wildman–Crippen LogP) is -2.83. The molecule has 1 aliphatic carbocycles. The van der Waals surface area contributed by atoms with Crippen molar-refractivity contribution in [2.75, 3.05) is 6.54 Å². The summed E-state index contributed by atoms with van der Waals surface area (Å²) < 4.78 is 38.8. The van der Waals surface area contributed by atoms with E-state index in [1.165, 1.54) is 30.3 Å². The van der Waals surface area contributed by atoms with Gasteiger partial charge in [-0.2, -0.15) is 0 Å². The molecule has 0 aromatic heterocycles. The van der Waals surface area contributed by atoms with Crippen molar-refractivity contribution in [3.63, 3.8) is 0 Å². The zero-order valence-corrected chi connectivity index (χ0v) is 25.9. The summed E-state index contributed by atoms with van der Waals surface area (Å²) >= 11 is 5.82. The number of aliphatic hydroxyl groups is 3. The number of carboxylic acid groups (broad SMARTS) is 1. The molecule has 0 radical (unpaired) electrons. The second-order valence-corrected chi connectivity index (χ2v) is 10.8. The molecule has 2 aromatic carbocycles. The van der Waals surface area contributed by atoms with Gasteiger partial charge in [-0.25, -0.2) is 8.78 Å². The zero-order chi connectivity index (χ0) is 30.6. The number of hydrogen-bond acceptors (Lipinski definition) is 9. The third kappa shape index (κ3) is 8.93. The van der Waals surface area contributed by atoms with E-state index in [0.717, 1.165) is 25.0 Å². The maximum Gasteiger partial charge on any atom is 1.00 e. The fourth-order valence-corrected chi connectivity index (χ4v) is 4.76. The van der Waals surface area contributed by atoms with E-state index in [-0.39, 0.29) is 53.0 Å². The van der Waals surface area contributed by atoms with Crippen LogP contribution < -0.4 is 45.3 Å². The van der Waals surface area contributed by atoms with Crippen molar-refractivity contribution in [2.24, 2.45) is 5.92 Å². The first kappa shape index (κ1) is 35.3. The summed E-state index contributed by atoms with van der Waals surface area (Å²) in [4.78, 5) is 37.3. The molecule has 0 unspecified atom stereocenters. The van der Waals surface area contributed by atoms with Crippen LogP contribution in [0.4, 0.5) is 8.78 Å². The van der Waals surface area contributed by atoms with E-state index in [0.29, 0.717) is 5.02 Å². The maximum absolute atomic E-state index is 14.2. The molecule has 6 atom stereocenters. The quantitative estimate of drug-likeness (QED) is 0.154. The normalized spacial score (nSPS) is 24.7. The number of hydrogen-bond donors (Lipinski definition) is 5. The number of aliphatic carboxylic acids is 1. The number of halogens is 3. The molecule has 2 aliphatic rings. The second kappa shape index (κ2) is 15.2. The number of benzene rings is 2. The standard InChI is InChI=1S/C28H31ClF2N2O9.Na/c29-17-8-6-15(7-9-17)26(38)32-12-20(35)24(37)25-23(33-21(36)10-14-4-5-14)19(34)11-28(42-25,27(39)40)41-13-16-2-1-3-18(30)22(16)31;/h1-3,6-9,14,19-20,23-25,34-35,37H,4-5,10-13H2,(H,32,38)(H,33,36)(H,39,40);/q;+1/p-1/t19-,20+,23+,24+,25+,28+;/m0./s1. The maximum atomic E-state index is 14.2. The minimum Gasteiger partial charge on any atom is -0.544 e. The van der Waals surface area contributed by atoms with E-state index >= 15 is 0 Å². The van der Waals surface area contributed by atoms with Crippen molar-refractivity contribution in [1.82, 2.24) is 10.6 Å². The molecule has 2 amide bonds. The Morgan fingerprint density at radius 2 is 1.81 bits per heavy atom. The molecule has 15 heteroatoms. The number of carbonyl (C=O) groups excluding carboxylic acids is 3. The third-order valence-corrected chi connectivity index (χ3v) is 7.44. The minimum atomic E-state index is -2.80.